The molecule has 57 heavy (non-hydrogen) atoms. The van der Waals surface area contributed by atoms with Crippen LogP contribution in [0.3, 0.4) is 0 Å². The fourth-order valence-electron chi connectivity index (χ4n) is 5.59. The lowest BCUT2D eigenvalue weighted by Gasteiger charge is -2.25. The summed E-state index contributed by atoms with van der Waals surface area (Å²) in [5, 5.41) is 2.70. The summed E-state index contributed by atoms with van der Waals surface area (Å²) < 4.78 is 66.0. The molecule has 1 N–H and O–H groups in total. The van der Waals surface area contributed by atoms with Crippen LogP contribution in [0.2, 0.25) is 0 Å². The number of rotatable bonds is 20. The lowest BCUT2D eigenvalue weighted by atomic mass is 10.1. The van der Waals surface area contributed by atoms with Gasteiger partial charge in [0.05, 0.1) is 19.5 Å². The first-order chi connectivity index (χ1) is 27.7. The van der Waals surface area contributed by atoms with Gasteiger partial charge in [-0.15, -0.1) is 0 Å². The molecule has 18 nitrogen and oxygen atoms in total. The van der Waals surface area contributed by atoms with Crippen molar-refractivity contribution in [2.45, 2.75) is 38.4 Å². The van der Waals surface area contributed by atoms with Crippen LogP contribution in [0.25, 0.3) is 11.2 Å². The number of hydrogen-bond acceptors (Lipinski definition) is 16. The highest BCUT2D eigenvalue weighted by Crippen LogP contribution is 2.48. The van der Waals surface area contributed by atoms with Gasteiger partial charge in [0.25, 0.3) is 0 Å². The smallest absolute Gasteiger partial charge is 0.433 e. The van der Waals surface area contributed by atoms with E-state index < -0.39 is 76.6 Å². The summed E-state index contributed by atoms with van der Waals surface area (Å²) in [6.45, 7) is 1.53. The van der Waals surface area contributed by atoms with Crippen molar-refractivity contribution in [3.05, 3.63) is 104 Å². The highest BCUT2D eigenvalue weighted by molar-refractivity contribution is 7.55. The maximum Gasteiger partial charge on any atom is 0.433 e. The average Bonchev–Trinajstić information content (AvgIpc) is 3.80. The number of hydrogen-bond donors (Lipinski definition) is 1. The molecule has 2 aromatic heterocycles. The quantitative estimate of drug-likeness (QED) is 0.0629. The zero-order valence-electron chi connectivity index (χ0n) is 30.9. The van der Waals surface area contributed by atoms with Crippen LogP contribution < -0.4 is 19.3 Å². The minimum Gasteiger partial charge on any atom is -0.482 e. The number of carbonyl (C=O) groups is 3. The third-order valence-electron chi connectivity index (χ3n) is 8.00. The van der Waals surface area contributed by atoms with Crippen LogP contribution in [-0.2, 0) is 46.9 Å². The van der Waals surface area contributed by atoms with E-state index in [0.29, 0.717) is 17.2 Å². The molecular weight excluding hydrogens is 765 g/mol. The fourth-order valence-corrected chi connectivity index (χ4v) is 6.90. The Morgan fingerprint density at radius 2 is 1.21 bits per heavy atom. The Morgan fingerprint density at radius 3 is 1.74 bits per heavy atom. The van der Waals surface area contributed by atoms with Gasteiger partial charge in [-0.1, -0.05) is 54.6 Å². The second kappa shape index (κ2) is 19.7. The topological polar surface area (TPSA) is 207 Å². The van der Waals surface area contributed by atoms with Crippen molar-refractivity contribution in [1.29, 1.82) is 0 Å². The minimum absolute atomic E-state index is 0.0109. The molecule has 1 aliphatic rings. The van der Waals surface area contributed by atoms with E-state index in [0.717, 1.165) is 0 Å². The Bertz CT molecular complexity index is 2120. The SMILES string of the molecule is CCOP(=O)(Nc1ncnc2c1ncn2[C@@H]1O[C@H](COC(=O)COc2ccccc2)[C@@H](OC(=O)COc2ccccc2)[C@H]1OC(=O)COc1ccccc1)OCC. The molecule has 4 atom stereocenters. The van der Waals surface area contributed by atoms with Crippen molar-refractivity contribution in [3.8, 4) is 17.2 Å². The number of imidazole rings is 1. The van der Waals surface area contributed by atoms with E-state index in [1.165, 1.54) is 17.2 Å². The Hall–Kier alpha value is -6.07. The Morgan fingerprint density at radius 1 is 0.702 bits per heavy atom. The molecule has 19 heteroatoms. The predicted octanol–water partition coefficient (Wildman–Crippen LogP) is 4.92. The van der Waals surface area contributed by atoms with Crippen molar-refractivity contribution in [2.24, 2.45) is 0 Å². The molecule has 3 heterocycles. The summed E-state index contributed by atoms with van der Waals surface area (Å²) in [5.74, 6) is -1.16. The van der Waals surface area contributed by atoms with Crippen molar-refractivity contribution < 1.29 is 61.2 Å². The van der Waals surface area contributed by atoms with Crippen molar-refractivity contribution in [2.75, 3.05) is 44.7 Å². The van der Waals surface area contributed by atoms with Gasteiger partial charge in [-0.2, -0.15) is 0 Å². The van der Waals surface area contributed by atoms with Gasteiger partial charge in [0.1, 0.15) is 36.3 Å². The number of carbonyl (C=O) groups excluding carboxylic acids is 3. The lowest BCUT2D eigenvalue weighted by Crippen LogP contribution is -2.42. The van der Waals surface area contributed by atoms with Crippen LogP contribution in [0.4, 0.5) is 5.82 Å². The summed E-state index contributed by atoms with van der Waals surface area (Å²) in [6.07, 6.45) is -2.78. The van der Waals surface area contributed by atoms with E-state index in [4.69, 9.17) is 42.2 Å². The number of ether oxygens (including phenoxy) is 7. The first-order valence-electron chi connectivity index (χ1n) is 17.8. The van der Waals surface area contributed by atoms with E-state index in [2.05, 4.69) is 20.0 Å². The molecule has 300 valence electrons. The van der Waals surface area contributed by atoms with E-state index in [1.807, 2.05) is 0 Å². The van der Waals surface area contributed by atoms with Crippen LogP contribution in [0.5, 0.6) is 17.2 Å². The molecule has 0 saturated carbocycles. The monoisotopic (exact) mass is 805 g/mol. The van der Waals surface area contributed by atoms with Crippen LogP contribution in [0.1, 0.15) is 20.1 Å². The summed E-state index contributed by atoms with van der Waals surface area (Å²) >= 11 is 0. The van der Waals surface area contributed by atoms with Gasteiger partial charge >= 0.3 is 25.7 Å². The Balaban J connectivity index is 1.29. The third-order valence-corrected chi connectivity index (χ3v) is 9.68. The number of para-hydroxylation sites is 3. The highest BCUT2D eigenvalue weighted by atomic mass is 31.2. The molecule has 5 aromatic rings. The van der Waals surface area contributed by atoms with Crippen LogP contribution in [0, 0.1) is 0 Å². The van der Waals surface area contributed by atoms with Crippen LogP contribution in [0.15, 0.2) is 104 Å². The van der Waals surface area contributed by atoms with Gasteiger partial charge in [-0.05, 0) is 50.2 Å². The second-order valence-electron chi connectivity index (χ2n) is 12.0. The maximum atomic E-state index is 13.4. The molecule has 0 amide bonds. The third kappa shape index (κ3) is 11.0. The zero-order chi connectivity index (χ0) is 40.0. The number of nitrogens with zero attached hydrogens (tertiary/aromatic N) is 4. The predicted molar refractivity (Wildman–Crippen MR) is 200 cm³/mol. The average molecular weight is 806 g/mol. The van der Waals surface area contributed by atoms with Gasteiger partial charge in [0.2, 0.25) is 0 Å². The van der Waals surface area contributed by atoms with Crippen LogP contribution in [-0.4, -0.2) is 95.4 Å². The largest absolute Gasteiger partial charge is 0.482 e. The molecule has 1 aliphatic heterocycles. The van der Waals surface area contributed by atoms with Crippen LogP contribution >= 0.6 is 7.75 Å². The van der Waals surface area contributed by atoms with Gasteiger partial charge in [0, 0.05) is 0 Å². The summed E-state index contributed by atoms with van der Waals surface area (Å²) in [4.78, 5) is 52.6. The molecule has 0 bridgehead atoms. The molecule has 3 aromatic carbocycles. The molecule has 0 radical (unpaired) electrons. The van der Waals surface area contributed by atoms with E-state index in [9.17, 15) is 18.9 Å². The molecule has 0 aliphatic carbocycles. The second-order valence-corrected chi connectivity index (χ2v) is 13.7. The number of fused-ring (bicyclic) bond motifs is 1. The number of esters is 3. The standard InChI is InChI=1S/C38H40N5O13P/c1-3-52-57(47,53-4-2)42-36-33-37(40-24-39-36)43(25-41-33)38-35(56-32(46)23-50-28-18-12-7-13-19-28)34(55-31(45)22-49-27-16-10-6-11-17-27)29(54-38)20-51-30(44)21-48-26-14-8-5-9-15-26/h5-19,24-25,29,34-35,38H,3-4,20-23H2,1-2H3,(H,39,40,42,47)/t29-,34-,35-,38-/m1/s1. The minimum atomic E-state index is -3.87. The highest BCUT2D eigenvalue weighted by Gasteiger charge is 2.52. The molecule has 0 spiro atoms. The summed E-state index contributed by atoms with van der Waals surface area (Å²) in [5.41, 5.74) is 0.251. The molecule has 1 saturated heterocycles. The van der Waals surface area contributed by atoms with Crippen molar-refractivity contribution in [3.63, 3.8) is 0 Å². The number of anilines is 1. The normalized spacial score (nSPS) is 17.7. The number of aromatic nitrogens is 4. The summed E-state index contributed by atoms with van der Waals surface area (Å²) in [6, 6.07) is 25.8. The molecule has 6 rings (SSSR count). The Kier molecular flexibility index (Phi) is 14.0. The van der Waals surface area contributed by atoms with E-state index >= 15 is 0 Å². The van der Waals surface area contributed by atoms with Gasteiger partial charge in [-0.3, -0.25) is 18.7 Å². The van der Waals surface area contributed by atoms with E-state index in [1.54, 1.807) is 105 Å². The number of benzene rings is 3. The first-order valence-corrected chi connectivity index (χ1v) is 19.4. The lowest BCUT2D eigenvalue weighted by molar-refractivity contribution is -0.171. The maximum absolute atomic E-state index is 13.4. The zero-order valence-corrected chi connectivity index (χ0v) is 31.8. The van der Waals surface area contributed by atoms with Gasteiger partial charge < -0.3 is 33.2 Å². The fraction of sp³-hybridized carbons (Fsp3) is 0.316. The summed E-state index contributed by atoms with van der Waals surface area (Å²) in [7, 11) is -3.87. The first kappa shape index (κ1) is 40.6. The number of nitrogens with one attached hydrogen (secondary N) is 1. The van der Waals surface area contributed by atoms with Gasteiger partial charge in [-0.25, -0.2) is 33.9 Å². The molecular formula is C38H40N5O13P. The molecule has 0 unspecified atom stereocenters. The Labute approximate surface area is 326 Å². The van der Waals surface area contributed by atoms with Crippen molar-refractivity contribution in [1.82, 2.24) is 19.5 Å². The van der Waals surface area contributed by atoms with E-state index in [-0.39, 0.29) is 30.2 Å². The van der Waals surface area contributed by atoms with Gasteiger partial charge in [0.15, 0.2) is 55.2 Å². The van der Waals surface area contributed by atoms with Crippen molar-refractivity contribution >= 4 is 42.6 Å². The molecule has 1 fully saturated rings.